The van der Waals surface area contributed by atoms with Gasteiger partial charge in [0.1, 0.15) is 0 Å². The first-order valence-corrected chi connectivity index (χ1v) is 16.0. The summed E-state index contributed by atoms with van der Waals surface area (Å²) < 4.78 is 45.3. The van der Waals surface area contributed by atoms with E-state index in [1.807, 2.05) is 84.9 Å². The molecule has 0 saturated carbocycles. The Kier molecular flexibility index (Phi) is 5.64. The smallest absolute Gasteiger partial charge is 0.0645 e. The second-order valence-electron chi connectivity index (χ2n) is 11.9. The van der Waals surface area contributed by atoms with Crippen molar-refractivity contribution in [3.63, 3.8) is 0 Å². The van der Waals surface area contributed by atoms with Crippen molar-refractivity contribution in [3.8, 4) is 27.9 Å². The normalized spacial score (nSPS) is 12.8. The lowest BCUT2D eigenvalue weighted by Crippen LogP contribution is -2.09. The highest BCUT2D eigenvalue weighted by molar-refractivity contribution is 6.14. The standard InChI is InChI=1S/C46H32N2/c1-3-13-33(14-4-1)34-23-27-39(28-24-34)47(38-17-5-2-6-18-38)40-29-25-35(26-30-40)41-19-9-11-21-44(41)48-45-22-12-10-20-42(45)43-31-36-15-7-8-16-37(36)32-46(43)48/h1-32H/i2D,5D,6D,17D,18D. The predicted molar refractivity (Wildman–Crippen MR) is 204 cm³/mol. The van der Waals surface area contributed by atoms with Gasteiger partial charge >= 0.3 is 0 Å². The Morgan fingerprint density at radius 1 is 0.417 bits per heavy atom. The Morgan fingerprint density at radius 3 is 1.75 bits per heavy atom. The van der Waals surface area contributed by atoms with Gasteiger partial charge in [0, 0.05) is 33.4 Å². The van der Waals surface area contributed by atoms with Crippen molar-refractivity contribution in [2.45, 2.75) is 0 Å². The maximum absolute atomic E-state index is 8.89. The zero-order chi connectivity index (χ0) is 36.2. The average molecular weight is 618 g/mol. The van der Waals surface area contributed by atoms with Crippen molar-refractivity contribution in [2.24, 2.45) is 0 Å². The molecule has 9 aromatic rings. The summed E-state index contributed by atoms with van der Waals surface area (Å²) in [6.07, 6.45) is 0. The number of anilines is 3. The number of benzene rings is 8. The highest BCUT2D eigenvalue weighted by Gasteiger charge is 2.17. The van der Waals surface area contributed by atoms with E-state index in [1.54, 1.807) is 4.90 Å². The first-order valence-electron chi connectivity index (χ1n) is 18.5. The van der Waals surface area contributed by atoms with Gasteiger partial charge in [-0.05, 0) is 88.1 Å². The highest BCUT2D eigenvalue weighted by Crippen LogP contribution is 2.40. The monoisotopic (exact) mass is 617 g/mol. The zero-order valence-electron chi connectivity index (χ0n) is 31.0. The van der Waals surface area contributed by atoms with Gasteiger partial charge in [0.2, 0.25) is 0 Å². The molecule has 0 N–H and O–H groups in total. The second kappa shape index (κ2) is 11.8. The zero-order valence-corrected chi connectivity index (χ0v) is 26.0. The van der Waals surface area contributed by atoms with E-state index in [1.165, 1.54) is 21.5 Å². The summed E-state index contributed by atoms with van der Waals surface area (Å²) in [5.41, 5.74) is 8.82. The van der Waals surface area contributed by atoms with Crippen LogP contribution < -0.4 is 4.90 Å². The van der Waals surface area contributed by atoms with Crippen LogP contribution in [0.1, 0.15) is 6.85 Å². The fraction of sp³-hybridized carbons (Fsp3) is 0. The quantitative estimate of drug-likeness (QED) is 0.180. The summed E-state index contributed by atoms with van der Waals surface area (Å²) in [7, 11) is 0. The molecule has 0 unspecified atom stereocenters. The summed E-state index contributed by atoms with van der Waals surface area (Å²) in [5, 5.41) is 4.75. The van der Waals surface area contributed by atoms with Crippen molar-refractivity contribution in [2.75, 3.05) is 4.90 Å². The van der Waals surface area contributed by atoms with E-state index >= 15 is 0 Å². The maximum Gasteiger partial charge on any atom is 0.0645 e. The molecule has 1 aromatic heterocycles. The minimum atomic E-state index is -0.423. The lowest BCUT2D eigenvalue weighted by Gasteiger charge is -2.26. The van der Waals surface area contributed by atoms with Gasteiger partial charge in [-0.2, -0.15) is 0 Å². The molecule has 9 rings (SSSR count). The van der Waals surface area contributed by atoms with Crippen LogP contribution in [0.4, 0.5) is 17.1 Å². The number of rotatable bonds is 6. The van der Waals surface area contributed by atoms with E-state index in [4.69, 9.17) is 6.85 Å². The van der Waals surface area contributed by atoms with Crippen LogP contribution in [0.2, 0.25) is 0 Å². The Bertz CT molecular complexity index is 2800. The third-order valence-electron chi connectivity index (χ3n) is 9.06. The average Bonchev–Trinajstić information content (AvgIpc) is 3.53. The van der Waals surface area contributed by atoms with Crippen LogP contribution in [0.15, 0.2) is 194 Å². The molecule has 1 heterocycles. The van der Waals surface area contributed by atoms with E-state index in [9.17, 15) is 0 Å². The molecule has 8 aromatic carbocycles. The number of para-hydroxylation sites is 3. The summed E-state index contributed by atoms with van der Waals surface area (Å²) in [6, 6.07) is 54.1. The van der Waals surface area contributed by atoms with Crippen molar-refractivity contribution < 1.29 is 6.85 Å². The Morgan fingerprint density at radius 2 is 1.00 bits per heavy atom. The first-order chi connectivity index (χ1) is 25.9. The topological polar surface area (TPSA) is 8.17 Å². The molecule has 0 amide bonds. The Hall–Kier alpha value is -6.38. The molecule has 0 aliphatic heterocycles. The first kappa shape index (κ1) is 23.0. The van der Waals surface area contributed by atoms with E-state index in [0.717, 1.165) is 39.0 Å². The molecule has 0 aliphatic rings. The van der Waals surface area contributed by atoms with E-state index in [0.29, 0.717) is 11.4 Å². The molecular weight excluding hydrogens is 581 g/mol. The lowest BCUT2D eigenvalue weighted by molar-refractivity contribution is 1.18. The van der Waals surface area contributed by atoms with Gasteiger partial charge in [0.05, 0.1) is 23.6 Å². The van der Waals surface area contributed by atoms with Crippen molar-refractivity contribution in [3.05, 3.63) is 194 Å². The minimum absolute atomic E-state index is 0.0918. The third-order valence-corrected chi connectivity index (χ3v) is 9.06. The highest BCUT2D eigenvalue weighted by atomic mass is 15.1. The molecule has 0 spiro atoms. The molecule has 2 heteroatoms. The van der Waals surface area contributed by atoms with Crippen LogP contribution >= 0.6 is 0 Å². The van der Waals surface area contributed by atoms with E-state index in [2.05, 4.69) is 83.4 Å². The minimum Gasteiger partial charge on any atom is -0.311 e. The summed E-state index contributed by atoms with van der Waals surface area (Å²) >= 11 is 0. The van der Waals surface area contributed by atoms with Gasteiger partial charge in [-0.1, -0.05) is 133 Å². The molecule has 0 aliphatic carbocycles. The second-order valence-corrected chi connectivity index (χ2v) is 11.9. The maximum atomic E-state index is 8.89. The fourth-order valence-electron chi connectivity index (χ4n) is 6.81. The van der Waals surface area contributed by atoms with E-state index in [-0.39, 0.29) is 29.9 Å². The van der Waals surface area contributed by atoms with E-state index < -0.39 is 6.04 Å². The van der Waals surface area contributed by atoms with Gasteiger partial charge in [-0.3, -0.25) is 0 Å². The van der Waals surface area contributed by atoms with Crippen molar-refractivity contribution >= 4 is 49.6 Å². The van der Waals surface area contributed by atoms with Gasteiger partial charge in [-0.15, -0.1) is 0 Å². The van der Waals surface area contributed by atoms with Gasteiger partial charge in [0.15, 0.2) is 0 Å². The molecule has 0 bridgehead atoms. The number of fused-ring (bicyclic) bond motifs is 4. The molecule has 0 saturated heterocycles. The summed E-state index contributed by atoms with van der Waals surface area (Å²) in [6.45, 7) is 0. The van der Waals surface area contributed by atoms with Gasteiger partial charge in [-0.25, -0.2) is 0 Å². The third kappa shape index (κ3) is 4.83. The van der Waals surface area contributed by atoms with Gasteiger partial charge < -0.3 is 9.47 Å². The number of nitrogens with zero attached hydrogens (tertiary/aromatic N) is 2. The molecule has 2 nitrogen and oxygen atoms in total. The van der Waals surface area contributed by atoms with Crippen LogP contribution in [0.25, 0.3) is 60.5 Å². The molecule has 48 heavy (non-hydrogen) atoms. The lowest BCUT2D eigenvalue weighted by atomic mass is 10.0. The van der Waals surface area contributed by atoms with Crippen LogP contribution in [0, 0.1) is 0 Å². The van der Waals surface area contributed by atoms with Crippen LogP contribution in [-0.4, -0.2) is 4.57 Å². The fourth-order valence-corrected chi connectivity index (χ4v) is 6.81. The SMILES string of the molecule is [2H]c1c([2H])c([2H])c(N(c2ccc(-c3ccccc3)cc2)c2ccc(-c3ccccc3-n3c4ccccc4c4cc5ccccc5cc43)cc2)c([2H])c1[2H]. The van der Waals surface area contributed by atoms with Crippen molar-refractivity contribution in [1.29, 1.82) is 0 Å². The predicted octanol–water partition coefficient (Wildman–Crippen LogP) is 12.7. The van der Waals surface area contributed by atoms with Crippen molar-refractivity contribution in [1.82, 2.24) is 4.57 Å². The Labute approximate surface area is 287 Å². The molecule has 226 valence electrons. The largest absolute Gasteiger partial charge is 0.311 e. The molecule has 0 radical (unpaired) electrons. The van der Waals surface area contributed by atoms with Gasteiger partial charge in [0.25, 0.3) is 0 Å². The van der Waals surface area contributed by atoms with Crippen LogP contribution in [0.5, 0.6) is 0 Å². The van der Waals surface area contributed by atoms with Crippen LogP contribution in [0.3, 0.4) is 0 Å². The van der Waals surface area contributed by atoms with Crippen LogP contribution in [-0.2, 0) is 0 Å². The number of hydrogen-bond acceptors (Lipinski definition) is 1. The summed E-state index contributed by atoms with van der Waals surface area (Å²) in [4.78, 5) is 1.75. The Balaban J connectivity index is 1.19. The number of hydrogen-bond donors (Lipinski definition) is 0. The summed E-state index contributed by atoms with van der Waals surface area (Å²) in [5.74, 6) is 0. The molecule has 0 fully saturated rings. The molecular formula is C46H32N2. The number of aromatic nitrogens is 1. The molecule has 0 atom stereocenters.